The van der Waals surface area contributed by atoms with E-state index in [1.54, 1.807) is 20.8 Å². The van der Waals surface area contributed by atoms with Crippen LogP contribution in [0, 0.1) is 148 Å². The van der Waals surface area contributed by atoms with E-state index in [1.165, 1.54) is 13.8 Å². The van der Waals surface area contributed by atoms with Gasteiger partial charge >= 0.3 is 59.7 Å². The molecule has 10 aliphatic carbocycles. The Labute approximate surface area is 916 Å². The summed E-state index contributed by atoms with van der Waals surface area (Å²) in [5, 5.41) is 22.4. The number of hydrogen-bond donors (Lipinski definition) is 5. The van der Waals surface area contributed by atoms with E-state index in [0.29, 0.717) is 103 Å². The number of esters is 10. The fourth-order valence-corrected chi connectivity index (χ4v) is 23.9. The van der Waals surface area contributed by atoms with Gasteiger partial charge in [0.1, 0.15) is 61.0 Å². The van der Waals surface area contributed by atoms with Crippen LogP contribution >= 0.6 is 0 Å². The summed E-state index contributed by atoms with van der Waals surface area (Å²) in [4.78, 5) is 126. The minimum Gasteiger partial charge on any atom is -0.462 e. The van der Waals surface area contributed by atoms with Gasteiger partial charge in [-0.3, -0.25) is 47.9 Å². The van der Waals surface area contributed by atoms with E-state index in [-0.39, 0.29) is 163 Å². The maximum absolute atomic E-state index is 13.3. The fraction of sp³-hybridized carbons (Fsp3) is 0.750. The predicted molar refractivity (Wildman–Crippen MR) is 554 cm³/mol. The Morgan fingerprint density at radius 2 is 0.559 bits per heavy atom. The molecule has 25 heteroatoms. The first-order valence-corrected chi connectivity index (χ1v) is 52.7. The van der Waals surface area contributed by atoms with Crippen LogP contribution in [0.5, 0.6) is 0 Å². The maximum Gasteiger partial charge on any atom is 0.308 e. The number of cyclic esters (lactones) is 5. The SMILES string of the molecule is [2H]O[C@@H]1CC(CC[C@@H]2[C@@H]3C(=C[C@H](C)C[C@@H]3OC(=O)[C@@H](C([2H])([2H])[2H])C([2H])([2H])C([2H])([2H])[2H])C=C[C@@H]2C)OC(=O)C1([2H])[2H].[2H]O[C@@H]1CC(CC[C@@H]2[C@@H]3C(=C[C@H](C)C[C@@H]3OC(=O)[C@@H](C)C([2H])([2H])C([2H])([2H])[2H])C=C[C@@H]2C)OC(=O)C1([2H])[2H].[2H]O[C@@H]1CC(CC[C@@H]2[C@@H]3C(=C[C@H](C)C[C@@H]3OC(=O)[C@@]([2H])(C)CC)C=C[C@@H]2C)OC(=O)C1([2H])[2H].[2H]O[C@@H]1CC(CC[C@@H]2[C@@H]3C(=C[C@H](C)C[C@@H]3OC(=O)[C@H](CC)C([2H])([2H])[2H])C=C[C@@H]2C)OC(=O)C1([2H])[2H].[2H]O[C@@H]1CC(CC[C@@H]2[C@@H]3C(=C[C@H](C)C[C@@H]3OC(=O)[C@]([2H])(CC)C([2H])([2H])[2H])C=C[C@@H]2C)OC(=O)C1([2H])[2H]. The zero-order valence-electron chi connectivity index (χ0n) is 123. The number of carbonyl (C=O) groups is 10. The molecule has 0 radical (unpaired) electrons. The number of ether oxygens (including phenoxy) is 10. The van der Waals surface area contributed by atoms with Crippen molar-refractivity contribution < 1.29 is 163 Å². The highest BCUT2D eigenvalue weighted by Gasteiger charge is 2.50. The lowest BCUT2D eigenvalue weighted by molar-refractivity contribution is -0.162. The minimum atomic E-state index is -3.38. The minimum absolute atomic E-state index is 0.00748. The summed E-state index contributed by atoms with van der Waals surface area (Å²) in [6.45, 7) is 13.2. The highest BCUT2D eigenvalue weighted by molar-refractivity contribution is 5.76. The lowest BCUT2D eigenvalue weighted by atomic mass is 9.65. The second kappa shape index (κ2) is 55.1. The van der Waals surface area contributed by atoms with Crippen molar-refractivity contribution >= 4 is 59.7 Å². The second-order valence-electron chi connectivity index (χ2n) is 43.0. The van der Waals surface area contributed by atoms with Gasteiger partial charge in [-0.25, -0.2) is 0 Å². The molecule has 5 unspecified atom stereocenters. The van der Waals surface area contributed by atoms with Crippen molar-refractivity contribution in [3.8, 4) is 0 Å². The third-order valence-corrected chi connectivity index (χ3v) is 31.7. The molecule has 40 atom stereocenters. The number of aliphatic hydroxyl groups excluding tert-OH is 5. The molecule has 5 N–H and O–H groups in total. The molecule has 0 amide bonds. The monoisotopic (exact) mass is 2060 g/mol. The van der Waals surface area contributed by atoms with Crippen molar-refractivity contribution in [1.29, 1.82) is 7.16 Å². The van der Waals surface area contributed by atoms with Crippen molar-refractivity contribution in [2.75, 3.05) is 0 Å². The average molecular weight is 2060 g/mol. The Morgan fingerprint density at radius 3 is 0.779 bits per heavy atom. The van der Waals surface area contributed by atoms with Gasteiger partial charge in [0.2, 0.25) is 7.16 Å². The van der Waals surface area contributed by atoms with Crippen LogP contribution in [0.15, 0.2) is 119 Å². The molecule has 0 aromatic heterocycles. The van der Waals surface area contributed by atoms with Crippen LogP contribution in [0.4, 0.5) is 0 Å². The van der Waals surface area contributed by atoms with Gasteiger partial charge in [-0.15, -0.1) is 0 Å². The first kappa shape index (κ1) is 75.6. The van der Waals surface area contributed by atoms with Gasteiger partial charge in [0.25, 0.3) is 0 Å². The van der Waals surface area contributed by atoms with Gasteiger partial charge in [0.15, 0.2) is 0 Å². The molecule has 810 valence electrons. The Morgan fingerprint density at radius 1 is 0.331 bits per heavy atom. The Balaban J connectivity index is 0.000000210. The Bertz CT molecular complexity index is 6190. The molecule has 0 saturated carbocycles. The van der Waals surface area contributed by atoms with Crippen LogP contribution in [0.2, 0.25) is 0 Å². The summed E-state index contributed by atoms with van der Waals surface area (Å²) in [7, 11) is 0. The number of carbonyl (C=O) groups excluding carboxylic acids is 10. The number of allylic oxidation sites excluding steroid dienone is 15. The maximum atomic E-state index is 13.3. The van der Waals surface area contributed by atoms with E-state index in [2.05, 4.69) is 107 Å². The second-order valence-corrected chi connectivity index (χ2v) is 43.0. The third kappa shape index (κ3) is 33.0. The van der Waals surface area contributed by atoms with Crippen molar-refractivity contribution in [3.05, 3.63) is 119 Å². The molecule has 0 aromatic carbocycles. The molecule has 15 aliphatic rings. The predicted octanol–water partition coefficient (Wildman–Crippen LogP) is 21.0. The zero-order valence-corrected chi connectivity index (χ0v) is 86.6. The van der Waals surface area contributed by atoms with E-state index >= 15 is 0 Å². The quantitative estimate of drug-likeness (QED) is 0.0291. The van der Waals surface area contributed by atoms with Gasteiger partial charge in [0, 0.05) is 104 Å². The molecule has 5 heterocycles. The molecule has 0 bridgehead atoms. The fourth-order valence-electron chi connectivity index (χ4n) is 23.9. The van der Waals surface area contributed by atoms with Crippen molar-refractivity contribution in [2.45, 2.75) is 422 Å². The number of hydrogen-bond acceptors (Lipinski definition) is 25. The molecule has 5 fully saturated rings. The van der Waals surface area contributed by atoms with E-state index < -0.39 is 259 Å². The first-order valence-electron chi connectivity index (χ1n) is 70.3. The number of rotatable bonds is 35. The van der Waals surface area contributed by atoms with E-state index in [1.807, 2.05) is 78.8 Å². The standard InChI is InChI=1S/5C24H36O5/c5*1-5-15(3)24(27)29-21-11-14(2)10-17-7-6-16(4)20(23(17)21)9-8-19-12-18(25)13-22(26)28-19/h5*6-7,10,14-16,18-21,23,25H,5,8-9,11-13H2,1-4H3/t5*14-,15-,16-,18+,19?,20-,21-,23-/m00000/s1/i1D3,3D3,5D2,13D2,25D;3D3,13D2,15D,25D;1D3,5D2,13D2,25D;13D2,15D,25D;3D3,13D2,25D. The summed E-state index contributed by atoms with van der Waals surface area (Å²) >= 11 is 0. The van der Waals surface area contributed by atoms with E-state index in [9.17, 15) is 47.9 Å². The molecule has 0 aromatic rings. The van der Waals surface area contributed by atoms with E-state index in [0.717, 1.165) is 27.9 Å². The van der Waals surface area contributed by atoms with Gasteiger partial charge in [0.05, 0.1) is 91.9 Å². The Kier molecular flexibility index (Phi) is 28.7. The van der Waals surface area contributed by atoms with Crippen molar-refractivity contribution in [3.63, 3.8) is 0 Å². The largest absolute Gasteiger partial charge is 0.462 e. The lowest BCUT2D eigenvalue weighted by Crippen LogP contribution is -2.42. The molecule has 5 aliphatic heterocycles. The summed E-state index contributed by atoms with van der Waals surface area (Å²) in [6.07, 6.45) is 9.57. The molecule has 25 nitrogen and oxygen atoms in total. The molecule has 5 saturated heterocycles. The van der Waals surface area contributed by atoms with Gasteiger partial charge in [-0.1, -0.05) is 229 Å². The summed E-state index contributed by atoms with van der Waals surface area (Å²) in [5.74, 6) is -18.5. The lowest BCUT2D eigenvalue weighted by Gasteiger charge is -2.43. The smallest absolute Gasteiger partial charge is 0.308 e. The summed E-state index contributed by atoms with van der Waals surface area (Å²) in [6, 6.07) is 0. The van der Waals surface area contributed by atoms with Crippen LogP contribution in [-0.4, -0.2) is 184 Å². The average Bonchev–Trinajstić information content (AvgIpc) is 0.744. The number of aliphatic hydroxyl groups is 5. The Hall–Kier alpha value is -8.10. The highest BCUT2D eigenvalue weighted by atomic mass is 16.6. The first-order chi connectivity index (χ1) is 83.6. The molecule has 15 rings (SSSR count). The molecule has 0 spiro atoms. The van der Waals surface area contributed by atoms with Crippen molar-refractivity contribution in [2.24, 2.45) is 148 Å². The third-order valence-electron chi connectivity index (χ3n) is 31.7. The topological polar surface area (TPSA) is 364 Å². The summed E-state index contributed by atoms with van der Waals surface area (Å²) < 4.78 is 333. The molecular formula is C120H180O25. The van der Waals surface area contributed by atoms with Gasteiger partial charge in [-0.2, -0.15) is 0 Å². The molecule has 145 heavy (non-hydrogen) atoms. The van der Waals surface area contributed by atoms with Crippen LogP contribution in [0.1, 0.15) is 373 Å². The highest BCUT2D eigenvalue weighted by Crippen LogP contribution is 2.53. The zero-order chi connectivity index (χ0) is 136. The van der Waals surface area contributed by atoms with Crippen LogP contribution in [-0.2, 0) is 95.3 Å². The molecular weight excluding hydrogens is 1840 g/mol. The van der Waals surface area contributed by atoms with Crippen LogP contribution in [0.3, 0.4) is 0 Å². The van der Waals surface area contributed by atoms with Crippen molar-refractivity contribution in [1.82, 2.24) is 0 Å². The van der Waals surface area contributed by atoms with Crippen LogP contribution in [0.25, 0.3) is 0 Å². The van der Waals surface area contributed by atoms with Crippen LogP contribution < -0.4 is 0 Å². The van der Waals surface area contributed by atoms with E-state index in [4.69, 9.17) is 97.0 Å². The van der Waals surface area contributed by atoms with Gasteiger partial charge < -0.3 is 72.9 Å². The number of fused-ring (bicyclic) bond motifs is 5. The summed E-state index contributed by atoms with van der Waals surface area (Å²) in [5.41, 5.74) is 5.06. The normalized spacial score (nSPS) is 44.3. The van der Waals surface area contributed by atoms with Gasteiger partial charge in [-0.05, 0) is 245 Å².